The standard InChI is InChI=1S/C15H18N4O/c1-3-6-14-16-15(18-17-14)13-9-11-7-4-5-8-12(11)19(13)10(2)20/h4-5,7-8,13H,3,6,9H2,1-2H3,(H,16,17,18). The van der Waals surface area contributed by atoms with Gasteiger partial charge in [-0.05, 0) is 18.1 Å². The Kier molecular flexibility index (Phi) is 3.26. The first-order chi connectivity index (χ1) is 9.70. The van der Waals surface area contributed by atoms with Crippen LogP contribution < -0.4 is 4.90 Å². The zero-order chi connectivity index (χ0) is 14.1. The summed E-state index contributed by atoms with van der Waals surface area (Å²) in [6, 6.07) is 7.91. The Hall–Kier alpha value is -2.17. The lowest BCUT2D eigenvalue weighted by molar-refractivity contribution is -0.117. The maximum Gasteiger partial charge on any atom is 0.224 e. The van der Waals surface area contributed by atoms with Crippen LogP contribution in [-0.2, 0) is 17.6 Å². The largest absolute Gasteiger partial charge is 0.301 e. The quantitative estimate of drug-likeness (QED) is 0.931. The number of hydrogen-bond donors (Lipinski definition) is 1. The number of nitrogens with zero attached hydrogens (tertiary/aromatic N) is 3. The molecule has 104 valence electrons. The first-order valence-corrected chi connectivity index (χ1v) is 6.99. The highest BCUT2D eigenvalue weighted by atomic mass is 16.2. The minimum absolute atomic E-state index is 0.0294. The molecule has 5 nitrogen and oxygen atoms in total. The van der Waals surface area contributed by atoms with Gasteiger partial charge in [0.25, 0.3) is 0 Å². The number of anilines is 1. The highest BCUT2D eigenvalue weighted by molar-refractivity contribution is 5.94. The average molecular weight is 270 g/mol. The van der Waals surface area contributed by atoms with Gasteiger partial charge in [0.1, 0.15) is 11.9 Å². The molecule has 5 heteroatoms. The summed E-state index contributed by atoms with van der Waals surface area (Å²) in [5.74, 6) is 1.63. The number of para-hydroxylation sites is 1. The van der Waals surface area contributed by atoms with Crippen molar-refractivity contribution in [3.05, 3.63) is 41.5 Å². The fourth-order valence-corrected chi connectivity index (χ4v) is 2.79. The fourth-order valence-electron chi connectivity index (χ4n) is 2.79. The topological polar surface area (TPSA) is 61.9 Å². The maximum atomic E-state index is 12.0. The molecule has 3 rings (SSSR count). The second kappa shape index (κ2) is 5.07. The Labute approximate surface area is 118 Å². The number of nitrogens with one attached hydrogen (secondary N) is 1. The van der Waals surface area contributed by atoms with Crippen molar-refractivity contribution in [2.24, 2.45) is 0 Å². The molecule has 1 atom stereocenters. The monoisotopic (exact) mass is 270 g/mol. The lowest BCUT2D eigenvalue weighted by Crippen LogP contribution is -2.30. The fraction of sp³-hybridized carbons (Fsp3) is 0.400. The molecule has 1 aliphatic heterocycles. The van der Waals surface area contributed by atoms with Gasteiger partial charge in [0.2, 0.25) is 5.91 Å². The number of aromatic nitrogens is 3. The molecule has 0 radical (unpaired) electrons. The second-order valence-electron chi connectivity index (χ2n) is 5.13. The Morgan fingerprint density at radius 2 is 2.25 bits per heavy atom. The van der Waals surface area contributed by atoms with Crippen LogP contribution >= 0.6 is 0 Å². The van der Waals surface area contributed by atoms with Crippen molar-refractivity contribution >= 4 is 11.6 Å². The van der Waals surface area contributed by atoms with Crippen LogP contribution in [0.25, 0.3) is 0 Å². The Morgan fingerprint density at radius 1 is 1.45 bits per heavy atom. The number of aryl methyl sites for hydroxylation is 1. The molecule has 0 saturated carbocycles. The van der Waals surface area contributed by atoms with Crippen molar-refractivity contribution < 1.29 is 4.79 Å². The van der Waals surface area contributed by atoms with Gasteiger partial charge >= 0.3 is 0 Å². The van der Waals surface area contributed by atoms with E-state index in [1.165, 1.54) is 5.56 Å². The summed E-state index contributed by atoms with van der Waals surface area (Å²) in [6.45, 7) is 3.70. The molecule has 0 bridgehead atoms. The van der Waals surface area contributed by atoms with Crippen molar-refractivity contribution in [2.75, 3.05) is 4.90 Å². The van der Waals surface area contributed by atoms with E-state index in [9.17, 15) is 4.79 Å². The number of amides is 1. The van der Waals surface area contributed by atoms with E-state index in [1.54, 1.807) is 11.8 Å². The molecule has 1 N–H and O–H groups in total. The number of carbonyl (C=O) groups is 1. The third-order valence-electron chi connectivity index (χ3n) is 3.65. The van der Waals surface area contributed by atoms with Gasteiger partial charge in [-0.3, -0.25) is 9.89 Å². The molecule has 1 aromatic heterocycles. The first kappa shape index (κ1) is 12.8. The number of fused-ring (bicyclic) bond motifs is 1. The Balaban J connectivity index is 1.95. The van der Waals surface area contributed by atoms with Gasteiger partial charge in [-0.2, -0.15) is 5.10 Å². The third-order valence-corrected chi connectivity index (χ3v) is 3.65. The summed E-state index contributed by atoms with van der Waals surface area (Å²) in [5, 5.41) is 7.27. The van der Waals surface area contributed by atoms with Crippen LogP contribution in [0.1, 0.15) is 43.5 Å². The normalized spacial score (nSPS) is 17.3. The van der Waals surface area contributed by atoms with Crippen LogP contribution in [-0.4, -0.2) is 21.1 Å². The second-order valence-corrected chi connectivity index (χ2v) is 5.13. The molecule has 1 aliphatic rings. The molecule has 0 fully saturated rings. The van der Waals surface area contributed by atoms with Gasteiger partial charge in [0.15, 0.2) is 5.82 Å². The number of carbonyl (C=O) groups excluding carboxylic acids is 1. The first-order valence-electron chi connectivity index (χ1n) is 6.99. The van der Waals surface area contributed by atoms with Crippen molar-refractivity contribution in [1.82, 2.24) is 15.2 Å². The summed E-state index contributed by atoms with van der Waals surface area (Å²) in [4.78, 5) is 18.3. The predicted octanol–water partition coefficient (Wildman–Crippen LogP) is 2.41. The average Bonchev–Trinajstić information content (AvgIpc) is 3.02. The van der Waals surface area contributed by atoms with E-state index >= 15 is 0 Å². The number of rotatable bonds is 3. The Morgan fingerprint density at radius 3 is 3.00 bits per heavy atom. The SMILES string of the molecule is CCCc1nc(C2Cc3ccccc3N2C(C)=O)n[nH]1. The van der Waals surface area contributed by atoms with Crippen molar-refractivity contribution in [3.63, 3.8) is 0 Å². The van der Waals surface area contributed by atoms with Crippen LogP contribution in [0.2, 0.25) is 0 Å². The van der Waals surface area contributed by atoms with Crippen LogP contribution in [0.15, 0.2) is 24.3 Å². The summed E-state index contributed by atoms with van der Waals surface area (Å²) < 4.78 is 0. The molecule has 0 aliphatic carbocycles. The van der Waals surface area contributed by atoms with E-state index < -0.39 is 0 Å². The number of aromatic amines is 1. The maximum absolute atomic E-state index is 12.0. The predicted molar refractivity (Wildman–Crippen MR) is 76.4 cm³/mol. The zero-order valence-electron chi connectivity index (χ0n) is 11.8. The van der Waals surface area contributed by atoms with E-state index in [0.717, 1.165) is 30.8 Å². The van der Waals surface area contributed by atoms with Gasteiger partial charge in [0, 0.05) is 25.5 Å². The van der Waals surface area contributed by atoms with Crippen LogP contribution in [0, 0.1) is 0 Å². The molecule has 1 aromatic carbocycles. The van der Waals surface area contributed by atoms with E-state index in [-0.39, 0.29) is 11.9 Å². The summed E-state index contributed by atoms with van der Waals surface area (Å²) in [6.07, 6.45) is 2.68. The minimum atomic E-state index is -0.0910. The molecular formula is C15H18N4O. The molecular weight excluding hydrogens is 252 g/mol. The summed E-state index contributed by atoms with van der Waals surface area (Å²) in [7, 11) is 0. The van der Waals surface area contributed by atoms with Crippen LogP contribution in [0.3, 0.4) is 0 Å². The van der Waals surface area contributed by atoms with Crippen LogP contribution in [0.4, 0.5) is 5.69 Å². The van der Waals surface area contributed by atoms with Gasteiger partial charge in [-0.25, -0.2) is 4.98 Å². The van der Waals surface area contributed by atoms with Crippen LogP contribution in [0.5, 0.6) is 0 Å². The lowest BCUT2D eigenvalue weighted by atomic mass is 10.1. The number of hydrogen-bond acceptors (Lipinski definition) is 3. The molecule has 1 unspecified atom stereocenters. The molecule has 0 spiro atoms. The highest BCUT2D eigenvalue weighted by Crippen LogP contribution is 2.39. The molecule has 0 saturated heterocycles. The van der Waals surface area contributed by atoms with Gasteiger partial charge in [0.05, 0.1) is 0 Å². The summed E-state index contributed by atoms with van der Waals surface area (Å²) in [5.41, 5.74) is 2.15. The molecule has 2 aromatic rings. The minimum Gasteiger partial charge on any atom is -0.301 e. The molecule has 20 heavy (non-hydrogen) atoms. The van der Waals surface area contributed by atoms with Crippen molar-refractivity contribution in [1.29, 1.82) is 0 Å². The molecule has 2 heterocycles. The van der Waals surface area contributed by atoms with E-state index in [2.05, 4.69) is 28.2 Å². The van der Waals surface area contributed by atoms with Crippen molar-refractivity contribution in [2.45, 2.75) is 39.2 Å². The number of H-pyrrole nitrogens is 1. The van der Waals surface area contributed by atoms with Gasteiger partial charge in [-0.1, -0.05) is 25.1 Å². The third kappa shape index (κ3) is 2.09. The summed E-state index contributed by atoms with van der Waals surface area (Å²) >= 11 is 0. The number of benzene rings is 1. The van der Waals surface area contributed by atoms with Gasteiger partial charge in [-0.15, -0.1) is 0 Å². The van der Waals surface area contributed by atoms with E-state index in [4.69, 9.17) is 0 Å². The van der Waals surface area contributed by atoms with E-state index in [0.29, 0.717) is 5.82 Å². The van der Waals surface area contributed by atoms with Crippen molar-refractivity contribution in [3.8, 4) is 0 Å². The highest BCUT2D eigenvalue weighted by Gasteiger charge is 2.35. The Bertz CT molecular complexity index is 634. The zero-order valence-corrected chi connectivity index (χ0v) is 11.8. The van der Waals surface area contributed by atoms with Gasteiger partial charge < -0.3 is 4.90 Å². The smallest absolute Gasteiger partial charge is 0.224 e. The lowest BCUT2D eigenvalue weighted by Gasteiger charge is -2.21. The molecule has 1 amide bonds. The van der Waals surface area contributed by atoms with E-state index in [1.807, 2.05) is 18.2 Å².